The van der Waals surface area contributed by atoms with Crippen LogP contribution in [0.4, 0.5) is 5.69 Å². The lowest BCUT2D eigenvalue weighted by atomic mass is 9.81. The van der Waals surface area contributed by atoms with Crippen molar-refractivity contribution >= 4 is 50.8 Å². The molecule has 1 saturated carbocycles. The predicted octanol–water partition coefficient (Wildman–Crippen LogP) is 4.47. The number of fused-ring (bicyclic) bond motifs is 1. The number of nitrogens with zero attached hydrogens (tertiary/aromatic N) is 1. The fourth-order valence-electron chi connectivity index (χ4n) is 6.71. The van der Waals surface area contributed by atoms with Gasteiger partial charge in [0.15, 0.2) is 0 Å². The number of aryl methyl sites for hydroxylation is 1. The highest BCUT2D eigenvalue weighted by Crippen LogP contribution is 2.30. The average Bonchev–Trinajstić information content (AvgIpc) is 3.76. The number of hydrogen-bond donors (Lipinski definition) is 5. The molecule has 11 nitrogen and oxygen atoms in total. The fourth-order valence-corrected chi connectivity index (χ4v) is 8.25. The number of anilines is 1. The molecule has 2 fully saturated rings. The monoisotopic (exact) mass is 694 g/mol. The Morgan fingerprint density at radius 2 is 1.67 bits per heavy atom. The molecular formula is C35H43ClN6O5S. The van der Waals surface area contributed by atoms with E-state index in [4.69, 9.17) is 5.73 Å². The minimum Gasteiger partial charge on any atom is -0.344 e. The van der Waals surface area contributed by atoms with E-state index in [1.165, 1.54) is 0 Å². The van der Waals surface area contributed by atoms with Crippen molar-refractivity contribution in [3.8, 4) is 11.1 Å². The molecule has 0 bridgehead atoms. The number of hydrogen-bond acceptors (Lipinski definition) is 6. The van der Waals surface area contributed by atoms with Gasteiger partial charge < -0.3 is 16.4 Å². The first kappa shape index (κ1) is 35.3. The summed E-state index contributed by atoms with van der Waals surface area (Å²) in [5, 5.41) is 11.7. The Hall–Kier alpha value is -3.97. The lowest BCUT2D eigenvalue weighted by Crippen LogP contribution is -2.48. The Morgan fingerprint density at radius 3 is 2.35 bits per heavy atom. The molecule has 6 rings (SSSR count). The standard InChI is InChI=1S/C35H42N6O5S.ClH/c1-22-4-14-28(47(45,46)41-16-2-3-17-41)20-30(22)25-9-5-23(6-10-25)18-32(38-33(42)26-11-7-24(21-36)8-12-26)35(44)37-27-13-15-29-31(19-27)39-40-34(29)43;/h4-6,9-10,13-15,19-20,24,26,32H,2-3,7-8,11-12,16-18,21,36H2,1H3,(H,37,44)(H,38,42)(H2,39,40,43);1H/t24?,26?,32-;/m0./s1. The van der Waals surface area contributed by atoms with Crippen LogP contribution in [0.5, 0.6) is 0 Å². The first-order valence-corrected chi connectivity index (χ1v) is 17.8. The van der Waals surface area contributed by atoms with Gasteiger partial charge in [-0.3, -0.25) is 24.6 Å². The van der Waals surface area contributed by atoms with E-state index in [1.54, 1.807) is 34.6 Å². The molecule has 0 radical (unpaired) electrons. The van der Waals surface area contributed by atoms with Crippen LogP contribution >= 0.6 is 12.4 Å². The van der Waals surface area contributed by atoms with Gasteiger partial charge in [-0.25, -0.2) is 8.42 Å². The zero-order valence-corrected chi connectivity index (χ0v) is 28.6. The highest BCUT2D eigenvalue weighted by Gasteiger charge is 2.30. The van der Waals surface area contributed by atoms with Crippen LogP contribution in [-0.2, 0) is 26.0 Å². The first-order valence-electron chi connectivity index (χ1n) is 16.3. The number of H-pyrrole nitrogens is 2. The van der Waals surface area contributed by atoms with Crippen molar-refractivity contribution in [3.05, 3.63) is 82.1 Å². The summed E-state index contributed by atoms with van der Waals surface area (Å²) in [6.07, 6.45) is 5.25. The molecule has 4 aromatic rings. The van der Waals surface area contributed by atoms with Gasteiger partial charge in [-0.2, -0.15) is 4.31 Å². The zero-order chi connectivity index (χ0) is 33.1. The Kier molecular flexibility index (Phi) is 11.1. The van der Waals surface area contributed by atoms with Gasteiger partial charge >= 0.3 is 0 Å². The van der Waals surface area contributed by atoms with Crippen molar-refractivity contribution in [2.24, 2.45) is 17.6 Å². The maximum atomic E-state index is 13.7. The topological polar surface area (TPSA) is 170 Å². The highest BCUT2D eigenvalue weighted by atomic mass is 35.5. The van der Waals surface area contributed by atoms with Gasteiger partial charge in [-0.05, 0) is 110 Å². The van der Waals surface area contributed by atoms with Crippen molar-refractivity contribution in [1.82, 2.24) is 19.8 Å². The maximum absolute atomic E-state index is 13.7. The normalized spacial score (nSPS) is 19.0. The van der Waals surface area contributed by atoms with Gasteiger partial charge in [0.1, 0.15) is 6.04 Å². The number of aromatic amines is 2. The number of benzene rings is 3. The van der Waals surface area contributed by atoms with Crippen LogP contribution in [0.25, 0.3) is 22.0 Å². The third-order valence-electron chi connectivity index (χ3n) is 9.64. The second kappa shape index (κ2) is 15.1. The quantitative estimate of drug-likeness (QED) is 0.164. The van der Waals surface area contributed by atoms with Crippen molar-refractivity contribution in [2.45, 2.75) is 62.8 Å². The van der Waals surface area contributed by atoms with E-state index in [0.29, 0.717) is 42.1 Å². The number of aromatic nitrogens is 2. The minimum atomic E-state index is -3.56. The first-order chi connectivity index (χ1) is 22.6. The molecule has 2 amide bonds. The lowest BCUT2D eigenvalue weighted by Gasteiger charge is -2.28. The van der Waals surface area contributed by atoms with Gasteiger partial charge in [0.25, 0.3) is 5.56 Å². The van der Waals surface area contributed by atoms with Crippen LogP contribution < -0.4 is 21.9 Å². The Bertz CT molecular complexity index is 1930. The number of rotatable bonds is 10. The molecule has 3 aromatic carbocycles. The molecule has 1 atom stereocenters. The average molecular weight is 695 g/mol. The van der Waals surface area contributed by atoms with Crippen LogP contribution in [0.15, 0.2) is 70.4 Å². The summed E-state index contributed by atoms with van der Waals surface area (Å²) in [4.78, 5) is 39.3. The van der Waals surface area contributed by atoms with E-state index in [0.717, 1.165) is 60.8 Å². The van der Waals surface area contributed by atoms with E-state index in [2.05, 4.69) is 20.8 Å². The summed E-state index contributed by atoms with van der Waals surface area (Å²) in [6.45, 7) is 3.65. The van der Waals surface area contributed by atoms with Crippen molar-refractivity contribution in [2.75, 3.05) is 25.0 Å². The molecule has 1 aromatic heterocycles. The summed E-state index contributed by atoms with van der Waals surface area (Å²) < 4.78 is 28.0. The molecule has 256 valence electrons. The summed E-state index contributed by atoms with van der Waals surface area (Å²) >= 11 is 0. The van der Waals surface area contributed by atoms with Crippen LogP contribution in [0, 0.1) is 18.8 Å². The maximum Gasteiger partial charge on any atom is 0.271 e. The highest BCUT2D eigenvalue weighted by molar-refractivity contribution is 7.89. The van der Waals surface area contributed by atoms with Crippen LogP contribution in [0.2, 0.25) is 0 Å². The molecule has 2 heterocycles. The lowest BCUT2D eigenvalue weighted by molar-refractivity contribution is -0.130. The van der Waals surface area contributed by atoms with E-state index >= 15 is 0 Å². The molecule has 6 N–H and O–H groups in total. The van der Waals surface area contributed by atoms with Crippen LogP contribution in [0.3, 0.4) is 0 Å². The summed E-state index contributed by atoms with van der Waals surface area (Å²) in [5.74, 6) is -0.264. The summed E-state index contributed by atoms with van der Waals surface area (Å²) in [6, 6.07) is 17.0. The molecule has 2 aliphatic rings. The van der Waals surface area contributed by atoms with E-state index in [-0.39, 0.29) is 47.0 Å². The molecule has 1 aliphatic heterocycles. The third-order valence-corrected chi connectivity index (χ3v) is 11.5. The van der Waals surface area contributed by atoms with Gasteiger partial charge in [0, 0.05) is 31.1 Å². The third kappa shape index (κ3) is 7.67. The van der Waals surface area contributed by atoms with E-state index < -0.39 is 16.1 Å². The molecule has 48 heavy (non-hydrogen) atoms. The van der Waals surface area contributed by atoms with Crippen LogP contribution in [0.1, 0.15) is 49.7 Å². The van der Waals surface area contributed by atoms with Gasteiger partial charge in [-0.15, -0.1) is 12.4 Å². The number of amides is 2. The van der Waals surface area contributed by atoms with Crippen molar-refractivity contribution in [1.29, 1.82) is 0 Å². The van der Waals surface area contributed by atoms with Gasteiger partial charge in [0.2, 0.25) is 21.8 Å². The smallest absolute Gasteiger partial charge is 0.271 e. The Labute approximate surface area is 286 Å². The Balaban J connectivity index is 0.00000451. The zero-order valence-electron chi connectivity index (χ0n) is 27.0. The van der Waals surface area contributed by atoms with Gasteiger partial charge in [-0.1, -0.05) is 30.3 Å². The largest absolute Gasteiger partial charge is 0.344 e. The number of halogens is 1. The minimum absolute atomic E-state index is 0. The fraction of sp³-hybridized carbons (Fsp3) is 0.400. The molecular weight excluding hydrogens is 652 g/mol. The van der Waals surface area contributed by atoms with Gasteiger partial charge in [0.05, 0.1) is 15.8 Å². The second-order valence-electron chi connectivity index (χ2n) is 12.8. The summed E-state index contributed by atoms with van der Waals surface area (Å²) in [7, 11) is -3.56. The predicted molar refractivity (Wildman–Crippen MR) is 190 cm³/mol. The number of sulfonamides is 1. The molecule has 1 saturated heterocycles. The second-order valence-corrected chi connectivity index (χ2v) is 14.8. The molecule has 1 aliphatic carbocycles. The SMILES string of the molecule is Cc1ccc(S(=O)(=O)N2CCCC2)cc1-c1ccc(C[C@H](NC(=O)C2CCC(CN)CC2)C(=O)Nc2ccc3c(=O)[nH][nH]c3c2)cc1.Cl. The van der Waals surface area contributed by atoms with Crippen molar-refractivity contribution < 1.29 is 18.0 Å². The molecule has 13 heteroatoms. The van der Waals surface area contributed by atoms with Crippen LogP contribution in [-0.4, -0.2) is 60.4 Å². The number of nitrogens with one attached hydrogen (secondary N) is 4. The number of nitrogens with two attached hydrogens (primary N) is 1. The number of carbonyl (C=O) groups is 2. The molecule has 0 spiro atoms. The van der Waals surface area contributed by atoms with Crippen molar-refractivity contribution in [3.63, 3.8) is 0 Å². The van der Waals surface area contributed by atoms with E-state index in [1.807, 2.05) is 37.3 Å². The van der Waals surface area contributed by atoms with E-state index in [9.17, 15) is 22.8 Å². The Morgan fingerprint density at radius 1 is 0.958 bits per heavy atom. The number of carbonyl (C=O) groups excluding carboxylic acids is 2. The molecule has 0 unspecified atom stereocenters. The summed E-state index contributed by atoms with van der Waals surface area (Å²) in [5.41, 5.74) is 10.1.